The second-order valence-corrected chi connectivity index (χ2v) is 6.51. The van der Waals surface area contributed by atoms with Crippen LogP contribution in [0.2, 0.25) is 0 Å². The van der Waals surface area contributed by atoms with Crippen LogP contribution in [0.25, 0.3) is 0 Å². The van der Waals surface area contributed by atoms with E-state index in [1.54, 1.807) is 18.9 Å². The summed E-state index contributed by atoms with van der Waals surface area (Å²) >= 11 is 1.57. The highest BCUT2D eigenvalue weighted by Gasteiger charge is 2.09. The molecule has 0 fully saturated rings. The van der Waals surface area contributed by atoms with Crippen molar-refractivity contribution >= 4 is 29.3 Å². The van der Waals surface area contributed by atoms with Crippen molar-refractivity contribution in [1.29, 1.82) is 0 Å². The fourth-order valence-corrected chi connectivity index (χ4v) is 3.08. The Morgan fingerprint density at radius 3 is 2.46 bits per heavy atom. The smallest absolute Gasteiger partial charge is 0.224 e. The minimum Gasteiger partial charge on any atom is -0.496 e. The van der Waals surface area contributed by atoms with E-state index in [1.807, 2.05) is 54.8 Å². The van der Waals surface area contributed by atoms with E-state index in [1.165, 1.54) is 0 Å². The van der Waals surface area contributed by atoms with Gasteiger partial charge in [0.2, 0.25) is 11.8 Å². The highest BCUT2D eigenvalue weighted by Crippen LogP contribution is 2.24. The normalized spacial score (nSPS) is 10.2. The minimum atomic E-state index is -0.161. The number of hydrogen-bond acceptors (Lipinski definition) is 4. The molecule has 2 amide bonds. The van der Waals surface area contributed by atoms with Gasteiger partial charge in [-0.1, -0.05) is 30.3 Å². The van der Waals surface area contributed by atoms with Crippen molar-refractivity contribution in [1.82, 2.24) is 5.32 Å². The van der Waals surface area contributed by atoms with Gasteiger partial charge in [0.25, 0.3) is 0 Å². The first kappa shape index (κ1) is 19.8. The maximum atomic E-state index is 12.0. The third-order valence-electron chi connectivity index (χ3n) is 3.87. The molecule has 26 heavy (non-hydrogen) atoms. The van der Waals surface area contributed by atoms with Gasteiger partial charge in [0.15, 0.2) is 0 Å². The fourth-order valence-electron chi connectivity index (χ4n) is 2.52. The first-order chi connectivity index (χ1) is 12.6. The molecule has 0 aliphatic rings. The Morgan fingerprint density at radius 1 is 1.00 bits per heavy atom. The zero-order valence-corrected chi connectivity index (χ0v) is 15.9. The molecule has 0 aliphatic heterocycles. The van der Waals surface area contributed by atoms with Gasteiger partial charge in [-0.15, -0.1) is 11.8 Å². The summed E-state index contributed by atoms with van der Waals surface area (Å²) in [4.78, 5) is 25.0. The van der Waals surface area contributed by atoms with Gasteiger partial charge in [0.05, 0.1) is 12.8 Å². The van der Waals surface area contributed by atoms with Gasteiger partial charge in [-0.25, -0.2) is 0 Å². The molecule has 0 aromatic heterocycles. The molecule has 0 heterocycles. The standard InChI is InChI=1S/C20H24N2O3S/c1-25-17-9-5-3-7-15(17)13-14-21-19(23)11-12-20(24)22-16-8-4-6-10-18(16)26-2/h3-10H,11-14H2,1-2H3,(H,21,23)(H,22,24). The van der Waals surface area contributed by atoms with Crippen LogP contribution >= 0.6 is 11.8 Å². The molecule has 0 bridgehead atoms. The van der Waals surface area contributed by atoms with Gasteiger partial charge in [-0.05, 0) is 36.4 Å². The molecule has 2 aromatic rings. The molecule has 0 spiro atoms. The van der Waals surface area contributed by atoms with Crippen molar-refractivity contribution in [2.24, 2.45) is 0 Å². The number of ether oxygens (including phenoxy) is 1. The average Bonchev–Trinajstić information content (AvgIpc) is 2.67. The van der Waals surface area contributed by atoms with Crippen molar-refractivity contribution in [3.63, 3.8) is 0 Å². The van der Waals surface area contributed by atoms with Crippen LogP contribution in [0.15, 0.2) is 53.4 Å². The van der Waals surface area contributed by atoms with Crippen LogP contribution in [0.3, 0.4) is 0 Å². The van der Waals surface area contributed by atoms with Crippen LogP contribution < -0.4 is 15.4 Å². The molecule has 2 rings (SSSR count). The van der Waals surface area contributed by atoms with Crippen molar-refractivity contribution in [2.75, 3.05) is 25.2 Å². The summed E-state index contributed by atoms with van der Waals surface area (Å²) in [5, 5.41) is 5.70. The lowest BCUT2D eigenvalue weighted by Crippen LogP contribution is -2.27. The molecule has 138 valence electrons. The summed E-state index contributed by atoms with van der Waals surface area (Å²) in [6.07, 6.45) is 2.96. The molecule has 0 saturated heterocycles. The zero-order chi connectivity index (χ0) is 18.8. The lowest BCUT2D eigenvalue weighted by molar-refractivity contribution is -0.124. The summed E-state index contributed by atoms with van der Waals surface area (Å²) in [7, 11) is 1.63. The minimum absolute atomic E-state index is 0.131. The topological polar surface area (TPSA) is 67.4 Å². The molecular formula is C20H24N2O3S. The maximum Gasteiger partial charge on any atom is 0.224 e. The summed E-state index contributed by atoms with van der Waals surface area (Å²) in [5.41, 5.74) is 1.82. The van der Waals surface area contributed by atoms with Crippen molar-refractivity contribution in [3.8, 4) is 5.75 Å². The van der Waals surface area contributed by atoms with E-state index in [2.05, 4.69) is 10.6 Å². The number of carbonyl (C=O) groups is 2. The van der Waals surface area contributed by atoms with E-state index in [-0.39, 0.29) is 24.7 Å². The molecule has 2 aromatic carbocycles. The number of thioether (sulfide) groups is 1. The number of methoxy groups -OCH3 is 1. The number of amides is 2. The van der Waals surface area contributed by atoms with Crippen molar-refractivity contribution in [3.05, 3.63) is 54.1 Å². The van der Waals surface area contributed by atoms with Crippen molar-refractivity contribution in [2.45, 2.75) is 24.2 Å². The summed E-state index contributed by atoms with van der Waals surface area (Å²) in [5.74, 6) is 0.521. The van der Waals surface area contributed by atoms with Gasteiger partial charge < -0.3 is 15.4 Å². The van der Waals surface area contributed by atoms with Gasteiger partial charge in [0, 0.05) is 24.3 Å². The SMILES string of the molecule is COc1ccccc1CCNC(=O)CCC(=O)Nc1ccccc1SC. The van der Waals surface area contributed by atoms with Crippen LogP contribution in [0, 0.1) is 0 Å². The molecule has 0 saturated carbocycles. The third kappa shape index (κ3) is 6.11. The number of para-hydroxylation sites is 2. The molecule has 0 atom stereocenters. The van der Waals surface area contributed by atoms with Crippen LogP contribution in [-0.2, 0) is 16.0 Å². The highest BCUT2D eigenvalue weighted by atomic mass is 32.2. The van der Waals surface area contributed by atoms with E-state index in [0.717, 1.165) is 21.9 Å². The molecular weight excluding hydrogens is 348 g/mol. The molecule has 0 aliphatic carbocycles. The van der Waals surface area contributed by atoms with E-state index < -0.39 is 0 Å². The number of hydrogen-bond donors (Lipinski definition) is 2. The number of carbonyl (C=O) groups excluding carboxylic acids is 2. The summed E-state index contributed by atoms with van der Waals surface area (Å²) in [6.45, 7) is 0.510. The lowest BCUT2D eigenvalue weighted by atomic mass is 10.1. The fraction of sp³-hybridized carbons (Fsp3) is 0.300. The monoisotopic (exact) mass is 372 g/mol. The van der Waals surface area contributed by atoms with Crippen LogP contribution in [-0.4, -0.2) is 31.7 Å². The lowest BCUT2D eigenvalue weighted by Gasteiger charge is -2.10. The van der Waals surface area contributed by atoms with Crippen LogP contribution in [0.1, 0.15) is 18.4 Å². The van der Waals surface area contributed by atoms with E-state index in [4.69, 9.17) is 4.74 Å². The highest BCUT2D eigenvalue weighted by molar-refractivity contribution is 7.98. The van der Waals surface area contributed by atoms with Crippen LogP contribution in [0.5, 0.6) is 5.75 Å². The molecule has 0 radical (unpaired) electrons. The Kier molecular flexibility index (Phi) is 8.02. The first-order valence-corrected chi connectivity index (χ1v) is 9.68. The largest absolute Gasteiger partial charge is 0.496 e. The number of benzene rings is 2. The molecule has 6 heteroatoms. The van der Waals surface area contributed by atoms with Gasteiger partial charge in [0.1, 0.15) is 5.75 Å². The first-order valence-electron chi connectivity index (χ1n) is 8.45. The Labute approximate surface area is 158 Å². The Balaban J connectivity index is 1.72. The Hall–Kier alpha value is -2.47. The third-order valence-corrected chi connectivity index (χ3v) is 4.67. The maximum absolute atomic E-state index is 12.0. The zero-order valence-electron chi connectivity index (χ0n) is 15.1. The predicted molar refractivity (Wildman–Crippen MR) is 106 cm³/mol. The van der Waals surface area contributed by atoms with E-state index in [0.29, 0.717) is 13.0 Å². The number of anilines is 1. The second kappa shape index (κ2) is 10.5. The predicted octanol–water partition coefficient (Wildman–Crippen LogP) is 3.49. The quantitative estimate of drug-likeness (QED) is 0.661. The number of nitrogens with one attached hydrogen (secondary N) is 2. The molecule has 5 nitrogen and oxygen atoms in total. The average molecular weight is 372 g/mol. The summed E-state index contributed by atoms with van der Waals surface area (Å²) < 4.78 is 5.29. The van der Waals surface area contributed by atoms with Gasteiger partial charge >= 0.3 is 0 Å². The Morgan fingerprint density at radius 2 is 1.69 bits per heavy atom. The summed E-state index contributed by atoms with van der Waals surface area (Å²) in [6, 6.07) is 15.3. The van der Waals surface area contributed by atoms with E-state index >= 15 is 0 Å². The van der Waals surface area contributed by atoms with Gasteiger partial charge in [-0.3, -0.25) is 9.59 Å². The second-order valence-electron chi connectivity index (χ2n) is 5.66. The van der Waals surface area contributed by atoms with E-state index in [9.17, 15) is 9.59 Å². The Bertz CT molecular complexity index is 749. The van der Waals surface area contributed by atoms with Gasteiger partial charge in [-0.2, -0.15) is 0 Å². The van der Waals surface area contributed by atoms with Crippen molar-refractivity contribution < 1.29 is 14.3 Å². The molecule has 0 unspecified atom stereocenters. The van der Waals surface area contributed by atoms with Crippen LogP contribution in [0.4, 0.5) is 5.69 Å². The molecule has 2 N–H and O–H groups in total. The number of rotatable bonds is 9.